The Morgan fingerprint density at radius 3 is 2.47 bits per heavy atom. The van der Waals surface area contributed by atoms with Gasteiger partial charge in [-0.3, -0.25) is 4.79 Å². The van der Waals surface area contributed by atoms with Gasteiger partial charge in [0.05, 0.1) is 16.1 Å². The van der Waals surface area contributed by atoms with Crippen molar-refractivity contribution in [3.8, 4) is 16.3 Å². The van der Waals surface area contributed by atoms with E-state index < -0.39 is 17.7 Å². The molecule has 2 aromatic heterocycles. The summed E-state index contributed by atoms with van der Waals surface area (Å²) in [4.78, 5) is 16.7. The second kappa shape index (κ2) is 9.13. The predicted molar refractivity (Wildman–Crippen MR) is 125 cm³/mol. The van der Waals surface area contributed by atoms with Crippen molar-refractivity contribution < 1.29 is 27.8 Å². The summed E-state index contributed by atoms with van der Waals surface area (Å²) < 4.78 is 46.4. The van der Waals surface area contributed by atoms with Gasteiger partial charge in [0.1, 0.15) is 23.9 Å². The highest BCUT2D eigenvalue weighted by Crippen LogP contribution is 2.35. The molecule has 0 saturated heterocycles. The Labute approximate surface area is 198 Å². The third kappa shape index (κ3) is 4.94. The summed E-state index contributed by atoms with van der Waals surface area (Å²) in [5.74, 6) is -0.149. The van der Waals surface area contributed by atoms with E-state index in [1.165, 1.54) is 23.5 Å². The number of fused-ring (bicyclic) bond motifs is 1. The molecule has 34 heavy (non-hydrogen) atoms. The number of alkyl halides is 3. The standard InChI is InChI=1S/C25H23F3N2O3S/c1-14(2)23-21(34-24(29-23)16-4-6-18(7-5-16)25(26,27)28)13-33-19-8-9-20-17(11-19)10-15(3)30(20)12-22(31)32/h4-11,14H,12-13H2,1-3H3,(H,31,32). The second-order valence-corrected chi connectivity index (χ2v) is 9.42. The number of aryl methyl sites for hydroxylation is 1. The van der Waals surface area contributed by atoms with Gasteiger partial charge in [0.25, 0.3) is 0 Å². The molecule has 0 unspecified atom stereocenters. The van der Waals surface area contributed by atoms with Gasteiger partial charge in [0.15, 0.2) is 0 Å². The Morgan fingerprint density at radius 2 is 1.85 bits per heavy atom. The van der Waals surface area contributed by atoms with Crippen molar-refractivity contribution in [3.05, 3.63) is 70.4 Å². The molecule has 0 bridgehead atoms. The zero-order chi connectivity index (χ0) is 24.6. The van der Waals surface area contributed by atoms with E-state index in [1.807, 2.05) is 39.0 Å². The van der Waals surface area contributed by atoms with E-state index in [-0.39, 0.29) is 19.1 Å². The Bertz CT molecular complexity index is 1340. The van der Waals surface area contributed by atoms with Crippen molar-refractivity contribution in [2.45, 2.75) is 46.0 Å². The molecule has 0 radical (unpaired) electrons. The number of carbonyl (C=O) groups is 1. The highest BCUT2D eigenvalue weighted by atomic mass is 32.1. The van der Waals surface area contributed by atoms with Crippen molar-refractivity contribution in [1.29, 1.82) is 0 Å². The summed E-state index contributed by atoms with van der Waals surface area (Å²) in [5.41, 5.74) is 2.45. The van der Waals surface area contributed by atoms with Gasteiger partial charge in [0, 0.05) is 22.2 Å². The fourth-order valence-corrected chi connectivity index (χ4v) is 4.95. The Kier molecular flexibility index (Phi) is 6.40. The maximum atomic E-state index is 12.9. The van der Waals surface area contributed by atoms with E-state index >= 15 is 0 Å². The molecule has 0 spiro atoms. The number of aromatic nitrogens is 2. The van der Waals surface area contributed by atoms with Crippen LogP contribution in [0.15, 0.2) is 48.5 Å². The number of hydrogen-bond donors (Lipinski definition) is 1. The van der Waals surface area contributed by atoms with Crippen LogP contribution in [0.1, 0.15) is 41.6 Å². The first kappa shape index (κ1) is 23.8. The molecule has 0 saturated carbocycles. The van der Waals surface area contributed by atoms with Crippen LogP contribution < -0.4 is 4.74 Å². The van der Waals surface area contributed by atoms with Crippen LogP contribution in [-0.4, -0.2) is 20.6 Å². The molecular weight excluding hydrogens is 465 g/mol. The minimum absolute atomic E-state index is 0.110. The monoisotopic (exact) mass is 488 g/mol. The molecule has 2 heterocycles. The molecule has 0 aliphatic carbocycles. The Balaban J connectivity index is 1.56. The van der Waals surface area contributed by atoms with Gasteiger partial charge in [-0.25, -0.2) is 4.98 Å². The van der Waals surface area contributed by atoms with Gasteiger partial charge in [0.2, 0.25) is 0 Å². The van der Waals surface area contributed by atoms with Crippen molar-refractivity contribution >= 4 is 28.2 Å². The number of rotatable bonds is 7. The molecule has 0 aliphatic heterocycles. The van der Waals surface area contributed by atoms with Crippen molar-refractivity contribution in [3.63, 3.8) is 0 Å². The van der Waals surface area contributed by atoms with Crippen LogP contribution in [-0.2, 0) is 24.1 Å². The van der Waals surface area contributed by atoms with Crippen molar-refractivity contribution in [2.75, 3.05) is 0 Å². The third-order valence-electron chi connectivity index (χ3n) is 5.48. The summed E-state index contributed by atoms with van der Waals surface area (Å²) >= 11 is 1.40. The van der Waals surface area contributed by atoms with Gasteiger partial charge < -0.3 is 14.4 Å². The van der Waals surface area contributed by atoms with Crippen LogP contribution in [0.3, 0.4) is 0 Å². The molecule has 0 amide bonds. The van der Waals surface area contributed by atoms with Crippen LogP contribution in [0.5, 0.6) is 5.75 Å². The van der Waals surface area contributed by atoms with E-state index in [0.29, 0.717) is 16.3 Å². The average molecular weight is 489 g/mol. The van der Waals surface area contributed by atoms with E-state index in [9.17, 15) is 18.0 Å². The van der Waals surface area contributed by atoms with Crippen LogP contribution >= 0.6 is 11.3 Å². The Hall–Kier alpha value is -3.33. The summed E-state index contributed by atoms with van der Waals surface area (Å²) in [6, 6.07) is 12.4. The highest BCUT2D eigenvalue weighted by Gasteiger charge is 2.30. The van der Waals surface area contributed by atoms with Crippen LogP contribution in [0.2, 0.25) is 0 Å². The minimum Gasteiger partial charge on any atom is -0.488 e. The lowest BCUT2D eigenvalue weighted by atomic mass is 10.1. The van der Waals surface area contributed by atoms with Gasteiger partial charge in [-0.1, -0.05) is 26.0 Å². The van der Waals surface area contributed by atoms with Crippen molar-refractivity contribution in [2.24, 2.45) is 0 Å². The maximum Gasteiger partial charge on any atom is 0.416 e. The molecular formula is C25H23F3N2O3S. The first-order chi connectivity index (χ1) is 16.0. The van der Waals surface area contributed by atoms with Gasteiger partial charge in [-0.2, -0.15) is 13.2 Å². The number of thiazole rings is 1. The number of hydrogen-bond acceptors (Lipinski definition) is 4. The van der Waals surface area contributed by atoms with Gasteiger partial charge in [-0.05, 0) is 49.2 Å². The molecule has 1 N–H and O–H groups in total. The smallest absolute Gasteiger partial charge is 0.416 e. The van der Waals surface area contributed by atoms with E-state index in [4.69, 9.17) is 9.84 Å². The number of nitrogens with zero attached hydrogens (tertiary/aromatic N) is 2. The normalized spacial score (nSPS) is 12.0. The Morgan fingerprint density at radius 1 is 1.15 bits per heavy atom. The molecule has 9 heteroatoms. The van der Waals surface area contributed by atoms with Gasteiger partial charge in [-0.15, -0.1) is 11.3 Å². The van der Waals surface area contributed by atoms with E-state index in [1.54, 1.807) is 10.6 Å². The number of halogens is 3. The summed E-state index contributed by atoms with van der Waals surface area (Å²) in [5, 5.41) is 10.7. The lowest BCUT2D eigenvalue weighted by molar-refractivity contribution is -0.138. The lowest BCUT2D eigenvalue weighted by Crippen LogP contribution is -2.09. The predicted octanol–water partition coefficient (Wildman–Crippen LogP) is 6.88. The van der Waals surface area contributed by atoms with E-state index in [2.05, 4.69) is 4.98 Å². The lowest BCUT2D eigenvalue weighted by Gasteiger charge is -2.09. The van der Waals surface area contributed by atoms with Crippen molar-refractivity contribution in [1.82, 2.24) is 9.55 Å². The minimum atomic E-state index is -4.38. The number of benzene rings is 2. The van der Waals surface area contributed by atoms with Crippen LogP contribution in [0, 0.1) is 6.92 Å². The third-order valence-corrected chi connectivity index (χ3v) is 6.57. The molecule has 2 aromatic carbocycles. The summed E-state index contributed by atoms with van der Waals surface area (Å²) in [6.07, 6.45) is -4.38. The van der Waals surface area contributed by atoms with Crippen LogP contribution in [0.4, 0.5) is 13.2 Å². The first-order valence-electron chi connectivity index (χ1n) is 10.6. The fourth-order valence-electron chi connectivity index (χ4n) is 3.81. The quantitative estimate of drug-likeness (QED) is 0.308. The number of aliphatic carboxylic acids is 1. The molecule has 4 aromatic rings. The molecule has 4 rings (SSSR count). The first-order valence-corrected chi connectivity index (χ1v) is 11.5. The fraction of sp³-hybridized carbons (Fsp3) is 0.280. The number of carboxylic acid groups (broad SMARTS) is 1. The number of carboxylic acids is 1. The highest BCUT2D eigenvalue weighted by molar-refractivity contribution is 7.15. The molecule has 178 valence electrons. The summed E-state index contributed by atoms with van der Waals surface area (Å²) in [6.45, 7) is 6.04. The molecule has 0 fully saturated rings. The average Bonchev–Trinajstić information content (AvgIpc) is 3.32. The SMILES string of the molecule is Cc1cc2cc(OCc3sc(-c4ccc(C(F)(F)F)cc4)nc3C(C)C)ccc2n1CC(=O)O. The molecule has 5 nitrogen and oxygen atoms in total. The second-order valence-electron chi connectivity index (χ2n) is 8.33. The largest absolute Gasteiger partial charge is 0.488 e. The number of ether oxygens (including phenoxy) is 1. The molecule has 0 aliphatic rings. The van der Waals surface area contributed by atoms with E-state index in [0.717, 1.165) is 39.3 Å². The maximum absolute atomic E-state index is 12.9. The topological polar surface area (TPSA) is 64.4 Å². The van der Waals surface area contributed by atoms with Crippen LogP contribution in [0.25, 0.3) is 21.5 Å². The zero-order valence-corrected chi connectivity index (χ0v) is 19.6. The molecule has 0 atom stereocenters. The zero-order valence-electron chi connectivity index (χ0n) is 18.8. The van der Waals surface area contributed by atoms with Gasteiger partial charge >= 0.3 is 12.1 Å². The summed E-state index contributed by atoms with van der Waals surface area (Å²) in [7, 11) is 0.